The number of halogens is 2. The topological polar surface area (TPSA) is 176 Å². The Balaban J connectivity index is 1.34. The van der Waals surface area contributed by atoms with Gasteiger partial charge in [0.25, 0.3) is 0 Å². The molecule has 2 unspecified atom stereocenters. The molecule has 46 heavy (non-hydrogen) atoms. The summed E-state index contributed by atoms with van der Waals surface area (Å²) in [6.07, 6.45) is 2.67. The third kappa shape index (κ3) is 5.05. The summed E-state index contributed by atoms with van der Waals surface area (Å²) in [7, 11) is 0. The molecule has 0 radical (unpaired) electrons. The zero-order valence-electron chi connectivity index (χ0n) is 23.8. The Kier molecular flexibility index (Phi) is 7.25. The maximum atomic E-state index is 12.0. The maximum absolute atomic E-state index is 12.0. The number of carbonyl (C=O) groups is 2. The highest BCUT2D eigenvalue weighted by Gasteiger charge is 2.33. The van der Waals surface area contributed by atoms with Crippen LogP contribution in [0.15, 0.2) is 60.7 Å². The molecule has 12 nitrogen and oxygen atoms in total. The SMILES string of the molecule is O=C(O)c1ccc(C2CCCC(c3ccc(C(=O)O)c(O)c3-n3nc4ccc(Cl)cc4n3)C2)c(-n2nc3ccc(Cl)cc3n2)c1O. The molecule has 1 fully saturated rings. The molecular weight excluding hydrogens is 635 g/mol. The number of hydrogen-bond acceptors (Lipinski definition) is 8. The van der Waals surface area contributed by atoms with Crippen LogP contribution in [0, 0.1) is 0 Å². The maximum Gasteiger partial charge on any atom is 0.339 e. The van der Waals surface area contributed by atoms with Crippen molar-refractivity contribution >= 4 is 57.2 Å². The number of nitrogens with zero attached hydrogens (tertiary/aromatic N) is 6. The number of carboxylic acid groups (broad SMARTS) is 2. The van der Waals surface area contributed by atoms with Crippen molar-refractivity contribution in [3.63, 3.8) is 0 Å². The number of hydrogen-bond donors (Lipinski definition) is 4. The first-order valence-corrected chi connectivity index (χ1v) is 15.1. The summed E-state index contributed by atoms with van der Waals surface area (Å²) in [5.41, 5.74) is 2.97. The Bertz CT molecular complexity index is 2060. The van der Waals surface area contributed by atoms with Gasteiger partial charge in [0.15, 0.2) is 11.5 Å². The second-order valence-electron chi connectivity index (χ2n) is 11.2. The third-order valence-corrected chi connectivity index (χ3v) is 8.93. The van der Waals surface area contributed by atoms with Crippen LogP contribution in [0.1, 0.15) is 69.4 Å². The zero-order valence-corrected chi connectivity index (χ0v) is 25.3. The van der Waals surface area contributed by atoms with Crippen molar-refractivity contribution in [3.05, 3.63) is 93.0 Å². The van der Waals surface area contributed by atoms with Crippen molar-refractivity contribution in [2.45, 2.75) is 37.5 Å². The number of benzene rings is 4. The number of aromatic nitrogens is 6. The Morgan fingerprint density at radius 2 is 1.04 bits per heavy atom. The number of rotatable bonds is 6. The molecular formula is C32H24Cl2N6O6. The minimum Gasteiger partial charge on any atom is -0.505 e. The minimum absolute atomic E-state index is 0.152. The molecule has 0 amide bonds. The van der Waals surface area contributed by atoms with E-state index in [2.05, 4.69) is 20.4 Å². The van der Waals surface area contributed by atoms with Gasteiger partial charge in [0, 0.05) is 10.0 Å². The Morgan fingerprint density at radius 1 is 0.630 bits per heavy atom. The molecule has 7 rings (SSSR count). The second kappa shape index (κ2) is 11.3. The molecule has 1 saturated carbocycles. The molecule has 6 aromatic rings. The third-order valence-electron chi connectivity index (χ3n) is 8.46. The van der Waals surface area contributed by atoms with E-state index in [4.69, 9.17) is 23.2 Å². The van der Waals surface area contributed by atoms with Crippen molar-refractivity contribution in [2.24, 2.45) is 0 Å². The molecule has 4 N–H and O–H groups in total. The molecule has 2 atom stereocenters. The van der Waals surface area contributed by atoms with Crippen molar-refractivity contribution < 1.29 is 30.0 Å². The smallest absolute Gasteiger partial charge is 0.339 e. The van der Waals surface area contributed by atoms with E-state index in [1.54, 1.807) is 48.5 Å². The normalized spacial score (nSPS) is 16.7. The molecule has 4 aromatic carbocycles. The highest BCUT2D eigenvalue weighted by Crippen LogP contribution is 2.47. The van der Waals surface area contributed by atoms with Gasteiger partial charge in [-0.3, -0.25) is 0 Å². The Hall–Kier alpha value is -5.20. The van der Waals surface area contributed by atoms with E-state index in [1.807, 2.05) is 0 Å². The fourth-order valence-electron chi connectivity index (χ4n) is 6.35. The summed E-state index contributed by atoms with van der Waals surface area (Å²) in [6, 6.07) is 16.0. The van der Waals surface area contributed by atoms with Crippen molar-refractivity contribution in [1.29, 1.82) is 0 Å². The lowest BCUT2D eigenvalue weighted by molar-refractivity contribution is 0.0682. The van der Waals surface area contributed by atoms with E-state index in [0.29, 0.717) is 62.5 Å². The molecule has 232 valence electrons. The lowest BCUT2D eigenvalue weighted by Gasteiger charge is -2.32. The van der Waals surface area contributed by atoms with Crippen LogP contribution in [0.4, 0.5) is 0 Å². The minimum atomic E-state index is -1.30. The first-order valence-electron chi connectivity index (χ1n) is 14.3. The predicted octanol–water partition coefficient (Wildman–Crippen LogP) is 6.71. The van der Waals surface area contributed by atoms with Gasteiger partial charge < -0.3 is 20.4 Å². The van der Waals surface area contributed by atoms with Gasteiger partial charge >= 0.3 is 11.9 Å². The molecule has 1 aliphatic rings. The predicted molar refractivity (Wildman–Crippen MR) is 169 cm³/mol. The lowest BCUT2D eigenvalue weighted by atomic mass is 9.74. The zero-order chi connectivity index (χ0) is 32.3. The van der Waals surface area contributed by atoms with Gasteiger partial charge in [-0.05, 0) is 90.8 Å². The van der Waals surface area contributed by atoms with E-state index in [0.717, 1.165) is 6.42 Å². The van der Waals surface area contributed by atoms with Crippen LogP contribution in [-0.4, -0.2) is 62.4 Å². The largest absolute Gasteiger partial charge is 0.505 e. The quantitative estimate of drug-likeness (QED) is 0.150. The van der Waals surface area contributed by atoms with Gasteiger partial charge in [-0.25, -0.2) is 9.59 Å². The fourth-order valence-corrected chi connectivity index (χ4v) is 6.68. The van der Waals surface area contributed by atoms with Crippen molar-refractivity contribution in [1.82, 2.24) is 30.0 Å². The first kappa shape index (κ1) is 29.5. The molecule has 14 heteroatoms. The first-order chi connectivity index (χ1) is 22.1. The van der Waals surface area contributed by atoms with Gasteiger partial charge in [0.05, 0.1) is 0 Å². The van der Waals surface area contributed by atoms with Crippen LogP contribution >= 0.6 is 23.2 Å². The number of phenols is 2. The fraction of sp³-hybridized carbons (Fsp3) is 0.188. The Labute approximate surface area is 270 Å². The summed E-state index contributed by atoms with van der Waals surface area (Å²) in [6.45, 7) is 0. The van der Waals surface area contributed by atoms with E-state index in [9.17, 15) is 30.0 Å². The average Bonchev–Trinajstić information content (AvgIpc) is 3.63. The molecule has 0 spiro atoms. The van der Waals surface area contributed by atoms with Gasteiger partial charge in [-0.15, -0.1) is 30.0 Å². The van der Waals surface area contributed by atoms with Gasteiger partial charge in [-0.1, -0.05) is 41.8 Å². The molecule has 2 aromatic heterocycles. The summed E-state index contributed by atoms with van der Waals surface area (Å²) >= 11 is 12.3. The molecule has 0 bridgehead atoms. The summed E-state index contributed by atoms with van der Waals surface area (Å²) in [5, 5.41) is 61.0. The van der Waals surface area contributed by atoms with Crippen LogP contribution in [-0.2, 0) is 0 Å². The highest BCUT2D eigenvalue weighted by molar-refractivity contribution is 6.31. The van der Waals surface area contributed by atoms with Crippen LogP contribution in [0.5, 0.6) is 11.5 Å². The number of aromatic hydroxyl groups is 2. The van der Waals surface area contributed by atoms with Crippen LogP contribution in [0.2, 0.25) is 10.0 Å². The van der Waals surface area contributed by atoms with Crippen LogP contribution < -0.4 is 0 Å². The average molecular weight is 659 g/mol. The number of carboxylic acids is 2. The second-order valence-corrected chi connectivity index (χ2v) is 12.1. The monoisotopic (exact) mass is 658 g/mol. The number of fused-ring (bicyclic) bond motifs is 2. The molecule has 2 heterocycles. The summed E-state index contributed by atoms with van der Waals surface area (Å²) in [5.74, 6) is -3.92. The van der Waals surface area contributed by atoms with Gasteiger partial charge in [0.2, 0.25) is 0 Å². The summed E-state index contributed by atoms with van der Waals surface area (Å²) in [4.78, 5) is 26.5. The van der Waals surface area contributed by atoms with Crippen molar-refractivity contribution in [3.8, 4) is 22.9 Å². The highest BCUT2D eigenvalue weighted by atomic mass is 35.5. The molecule has 0 aliphatic heterocycles. The number of aromatic carboxylic acids is 2. The molecule has 1 aliphatic carbocycles. The van der Waals surface area contributed by atoms with E-state index in [-0.39, 0.29) is 34.3 Å². The van der Waals surface area contributed by atoms with E-state index < -0.39 is 23.4 Å². The lowest BCUT2D eigenvalue weighted by Crippen LogP contribution is -2.18. The summed E-state index contributed by atoms with van der Waals surface area (Å²) < 4.78 is 0. The van der Waals surface area contributed by atoms with E-state index >= 15 is 0 Å². The van der Waals surface area contributed by atoms with Crippen molar-refractivity contribution in [2.75, 3.05) is 0 Å². The van der Waals surface area contributed by atoms with Gasteiger partial charge in [0.1, 0.15) is 44.6 Å². The Morgan fingerprint density at radius 3 is 1.46 bits per heavy atom. The van der Waals surface area contributed by atoms with Crippen LogP contribution in [0.25, 0.3) is 33.4 Å². The van der Waals surface area contributed by atoms with Crippen LogP contribution in [0.3, 0.4) is 0 Å². The van der Waals surface area contributed by atoms with E-state index in [1.165, 1.54) is 21.7 Å². The standard InChI is InChI=1S/C32H24Cl2N6O6/c33-17-4-10-23-25(13-17)37-39(35-23)27-19(6-8-21(29(27)41)31(43)44)15-2-1-3-16(12-15)20-7-9-22(32(45)46)30(42)28(20)40-36-24-11-5-18(34)14-26(24)38-40/h4-11,13-16,41-42H,1-3,12H2,(H,43,44)(H,45,46). The van der Waals surface area contributed by atoms with Gasteiger partial charge in [-0.2, -0.15) is 0 Å². The molecule has 0 saturated heterocycles.